The number of amides is 2. The van der Waals surface area contributed by atoms with Crippen LogP contribution in [0.1, 0.15) is 85.1 Å². The Morgan fingerprint density at radius 1 is 1.21 bits per heavy atom. The zero-order valence-electron chi connectivity index (χ0n) is 23.9. The number of nitrogens with two attached hydrogens (primary N) is 2. The van der Waals surface area contributed by atoms with E-state index in [4.69, 9.17) is 11.5 Å². The quantitative estimate of drug-likeness (QED) is 0.275. The predicted molar refractivity (Wildman–Crippen MR) is 152 cm³/mol. The molecule has 2 saturated carbocycles. The minimum Gasteiger partial charge on any atom is -0.377 e. The zero-order chi connectivity index (χ0) is 29.4. The van der Waals surface area contributed by atoms with Crippen LogP contribution in [-0.2, 0) is 16.6 Å². The van der Waals surface area contributed by atoms with Crippen molar-refractivity contribution in [2.75, 3.05) is 13.1 Å². The second-order valence-electron chi connectivity index (χ2n) is 12.8. The van der Waals surface area contributed by atoms with Gasteiger partial charge < -0.3 is 21.9 Å². The molecule has 3 fully saturated rings. The highest BCUT2D eigenvalue weighted by atomic mass is 16.3. The summed E-state index contributed by atoms with van der Waals surface area (Å²) in [5.41, 5.74) is 13.5. The molecule has 1 aromatic heterocycles. The molecule has 0 spiro atoms. The highest BCUT2D eigenvalue weighted by molar-refractivity contribution is 5.93. The van der Waals surface area contributed by atoms with Gasteiger partial charge in [0.1, 0.15) is 6.23 Å². The lowest BCUT2D eigenvalue weighted by atomic mass is 9.57. The average Bonchev–Trinajstić information content (AvgIpc) is 3.50. The highest BCUT2D eigenvalue weighted by Gasteiger charge is 2.55. The van der Waals surface area contributed by atoms with Crippen molar-refractivity contribution >= 4 is 11.8 Å². The van der Waals surface area contributed by atoms with Gasteiger partial charge in [-0.2, -0.15) is 10.5 Å². The smallest absolute Gasteiger partial charge is 0.248 e. The Morgan fingerprint density at radius 2 is 2.05 bits per heavy atom. The molecule has 7 atom stereocenters. The summed E-state index contributed by atoms with van der Waals surface area (Å²) in [4.78, 5) is 26.4. The Hall–Kier alpha value is -3.40. The summed E-state index contributed by atoms with van der Waals surface area (Å²) in [6.07, 6.45) is 7.59. The highest BCUT2D eigenvalue weighted by Crippen LogP contribution is 2.56. The number of nitrogens with one attached hydrogen (secondary N) is 2. The third-order valence-corrected chi connectivity index (χ3v) is 10.5. The van der Waals surface area contributed by atoms with Gasteiger partial charge in [-0.05, 0) is 105 Å². The number of aryl methyl sites for hydroxylation is 1. The number of aliphatic hydroxyl groups excluding tert-OH is 1. The summed E-state index contributed by atoms with van der Waals surface area (Å²) >= 11 is 0. The van der Waals surface area contributed by atoms with Gasteiger partial charge in [0, 0.05) is 30.6 Å². The van der Waals surface area contributed by atoms with Crippen molar-refractivity contribution < 1.29 is 14.7 Å². The van der Waals surface area contributed by atoms with Gasteiger partial charge in [0.15, 0.2) is 5.82 Å². The van der Waals surface area contributed by atoms with Crippen LogP contribution in [0.3, 0.4) is 0 Å². The molecule has 12 heteroatoms. The Labute approximate surface area is 245 Å². The van der Waals surface area contributed by atoms with Crippen molar-refractivity contribution in [3.63, 3.8) is 0 Å². The van der Waals surface area contributed by atoms with E-state index in [-0.39, 0.29) is 35.7 Å². The molecule has 5 unspecified atom stereocenters. The number of nitriles is 1. The predicted octanol–water partition coefficient (Wildman–Crippen LogP) is 1.11. The van der Waals surface area contributed by atoms with Crippen LogP contribution < -0.4 is 16.8 Å². The summed E-state index contributed by atoms with van der Waals surface area (Å²) in [6.45, 7) is 1.06. The van der Waals surface area contributed by atoms with Gasteiger partial charge in [-0.15, -0.1) is 10.2 Å². The van der Waals surface area contributed by atoms with Crippen LogP contribution in [0.25, 0.3) is 0 Å². The van der Waals surface area contributed by atoms with Gasteiger partial charge >= 0.3 is 0 Å². The number of hydrogen-bond acceptors (Lipinski definition) is 9. The van der Waals surface area contributed by atoms with E-state index < -0.39 is 17.6 Å². The number of carbonyl (C=O) groups excluding carboxylic acids is 2. The molecule has 0 radical (unpaired) electrons. The van der Waals surface area contributed by atoms with Crippen molar-refractivity contribution in [1.29, 1.82) is 5.26 Å². The Bertz CT molecular complexity index is 1340. The number of nitrogens with zero attached hydrogens (tertiary/aromatic N) is 5. The van der Waals surface area contributed by atoms with E-state index in [1.54, 1.807) is 6.07 Å². The van der Waals surface area contributed by atoms with Gasteiger partial charge in [-0.25, -0.2) is 0 Å². The largest absolute Gasteiger partial charge is 0.377 e. The number of aromatic nitrogens is 4. The zero-order valence-corrected chi connectivity index (χ0v) is 23.9. The number of tetrazole rings is 1. The lowest BCUT2D eigenvalue weighted by Crippen LogP contribution is -2.52. The number of primary amides is 2. The minimum absolute atomic E-state index is 0.0533. The number of likely N-dealkylation sites (tertiary alicyclic amines) is 1. The van der Waals surface area contributed by atoms with Crippen molar-refractivity contribution in [2.24, 2.45) is 35.1 Å². The molecule has 1 aromatic carbocycles. The number of H-pyrrole nitrogens is 1. The maximum atomic E-state index is 12.3. The molecule has 12 nitrogen and oxygen atoms in total. The van der Waals surface area contributed by atoms with Crippen LogP contribution in [0.15, 0.2) is 18.2 Å². The van der Waals surface area contributed by atoms with Crippen molar-refractivity contribution in [2.45, 2.75) is 87.9 Å². The van der Waals surface area contributed by atoms with Crippen LogP contribution >= 0.6 is 0 Å². The summed E-state index contributed by atoms with van der Waals surface area (Å²) in [6, 6.07) is 7.85. The van der Waals surface area contributed by atoms with Crippen LogP contribution in [-0.4, -0.2) is 73.8 Å². The van der Waals surface area contributed by atoms with Crippen LogP contribution in [0.2, 0.25) is 0 Å². The van der Waals surface area contributed by atoms with Gasteiger partial charge in [0.05, 0.1) is 17.5 Å². The topological polar surface area (TPSA) is 200 Å². The molecule has 2 amide bonds. The number of aliphatic hydroxyl groups is 1. The lowest BCUT2D eigenvalue weighted by Gasteiger charge is -2.47. The second kappa shape index (κ2) is 11.7. The van der Waals surface area contributed by atoms with E-state index in [0.717, 1.165) is 56.1 Å². The van der Waals surface area contributed by atoms with Crippen molar-refractivity contribution in [1.82, 2.24) is 30.8 Å². The molecule has 0 bridgehead atoms. The molecule has 4 aliphatic rings. The van der Waals surface area contributed by atoms with E-state index >= 15 is 0 Å². The first kappa shape index (κ1) is 28.7. The van der Waals surface area contributed by atoms with Crippen LogP contribution in [0, 0.1) is 35.0 Å². The fourth-order valence-electron chi connectivity index (χ4n) is 8.32. The second-order valence-corrected chi connectivity index (χ2v) is 12.8. The molecule has 2 heterocycles. The number of fused-ring (bicyclic) bond motifs is 2. The SMILES string of the molecule is N#CC1CCCN1C(O)CN[C@@H](CC1(c2nn[nH]n2)c2ccc(C(N)=O)cc2CCC2C[C@@H](C(N)=O)CCC21)C1CC1. The number of carbonyl (C=O) groups is 2. The number of rotatable bonds is 10. The lowest BCUT2D eigenvalue weighted by molar-refractivity contribution is -0.124. The summed E-state index contributed by atoms with van der Waals surface area (Å²) in [7, 11) is 0. The monoisotopic (exact) mass is 575 g/mol. The maximum Gasteiger partial charge on any atom is 0.248 e. The van der Waals surface area contributed by atoms with Gasteiger partial charge in [0.2, 0.25) is 11.8 Å². The van der Waals surface area contributed by atoms with E-state index in [9.17, 15) is 20.0 Å². The van der Waals surface area contributed by atoms with E-state index in [1.807, 2.05) is 17.0 Å². The van der Waals surface area contributed by atoms with Crippen LogP contribution in [0.4, 0.5) is 0 Å². The summed E-state index contributed by atoms with van der Waals surface area (Å²) < 4.78 is 0. The van der Waals surface area contributed by atoms with E-state index in [0.29, 0.717) is 49.7 Å². The molecule has 7 N–H and O–H groups in total. The molecular weight excluding hydrogens is 534 g/mol. The average molecular weight is 576 g/mol. The maximum absolute atomic E-state index is 12.3. The normalized spacial score (nSPS) is 30.9. The number of benzene rings is 1. The van der Waals surface area contributed by atoms with Crippen molar-refractivity contribution in [3.8, 4) is 6.07 Å². The molecule has 6 rings (SSSR count). The van der Waals surface area contributed by atoms with Gasteiger partial charge in [-0.3, -0.25) is 14.5 Å². The third kappa shape index (κ3) is 5.29. The molecule has 1 saturated heterocycles. The fourth-order valence-corrected chi connectivity index (χ4v) is 8.32. The molecule has 1 aliphatic heterocycles. The van der Waals surface area contributed by atoms with Gasteiger partial charge in [-0.1, -0.05) is 11.3 Å². The van der Waals surface area contributed by atoms with E-state index in [1.165, 1.54) is 0 Å². The third-order valence-electron chi connectivity index (χ3n) is 10.5. The van der Waals surface area contributed by atoms with Crippen molar-refractivity contribution in [3.05, 3.63) is 40.7 Å². The minimum atomic E-state index is -0.752. The molecule has 224 valence electrons. The number of aromatic amines is 1. The first-order valence-corrected chi connectivity index (χ1v) is 15.3. The first-order chi connectivity index (χ1) is 20.3. The molecule has 2 aromatic rings. The summed E-state index contributed by atoms with van der Waals surface area (Å²) in [5.74, 6) is 0.484. The Balaban J connectivity index is 1.40. The standard InChI is InChI=1S/C30H41N9O3/c31-15-22-2-1-11-39(22)26(40)16-34-25(17-3-4-17)14-30(29-35-37-38-36-29)23-9-7-20(27(32)41)12-18(23)5-6-19-13-21(28(33)42)8-10-24(19)30/h7,9,12,17,19,21-22,24-26,34,40H,1-6,8,10-11,13-14,16H2,(H2,32,41)(H2,33,42)(H,35,36,37,38)/t19?,21-,22?,24?,25-,26?,30?/m0/s1. The first-order valence-electron chi connectivity index (χ1n) is 15.3. The molecular formula is C30H41N9O3. The summed E-state index contributed by atoms with van der Waals surface area (Å²) in [5, 5.41) is 40.3. The van der Waals surface area contributed by atoms with Crippen LogP contribution in [0.5, 0.6) is 0 Å². The Morgan fingerprint density at radius 3 is 2.74 bits per heavy atom. The molecule has 42 heavy (non-hydrogen) atoms. The number of hydrogen-bond donors (Lipinski definition) is 5. The fraction of sp³-hybridized carbons (Fsp3) is 0.667. The molecule has 3 aliphatic carbocycles. The van der Waals surface area contributed by atoms with Gasteiger partial charge in [0.25, 0.3) is 0 Å². The van der Waals surface area contributed by atoms with E-state index in [2.05, 4.69) is 32.0 Å². The Kier molecular flexibility index (Phi) is 8.00.